The minimum Gasteiger partial charge on any atom is -0.507 e. The first-order chi connectivity index (χ1) is 7.84. The van der Waals surface area contributed by atoms with Crippen molar-refractivity contribution in [3.05, 3.63) is 35.4 Å². The number of carbonyl (C=O) groups is 1. The molecular weight excluding hydrogens is 216 g/mol. The molecule has 0 radical (unpaired) electrons. The van der Waals surface area contributed by atoms with E-state index in [1.165, 1.54) is 13.2 Å². The monoisotopic (exact) mass is 234 g/mol. The Labute approximate surface area is 102 Å². The molecule has 1 aromatic carbocycles. The fourth-order valence-corrected chi connectivity index (χ4v) is 1.38. The van der Waals surface area contributed by atoms with Gasteiger partial charge in [0, 0.05) is 11.6 Å². The molecule has 0 fully saturated rings. The van der Waals surface area contributed by atoms with Gasteiger partial charge in [0.1, 0.15) is 5.75 Å². The average molecular weight is 234 g/mol. The predicted octanol–water partition coefficient (Wildman–Crippen LogP) is 2.88. The van der Waals surface area contributed by atoms with Crippen LogP contribution in [-0.4, -0.2) is 18.2 Å². The van der Waals surface area contributed by atoms with Gasteiger partial charge in [0.25, 0.3) is 0 Å². The van der Waals surface area contributed by atoms with Gasteiger partial charge >= 0.3 is 5.97 Å². The second kappa shape index (κ2) is 5.04. The smallest absolute Gasteiger partial charge is 0.330 e. The van der Waals surface area contributed by atoms with E-state index >= 15 is 0 Å². The number of ether oxygens (including phenoxy) is 1. The molecule has 0 amide bonds. The number of hydrogen-bond donors (Lipinski definition) is 1. The lowest BCUT2D eigenvalue weighted by molar-refractivity contribution is -0.134. The molecule has 1 rings (SSSR count). The van der Waals surface area contributed by atoms with Gasteiger partial charge in [-0.05, 0) is 29.2 Å². The van der Waals surface area contributed by atoms with Crippen molar-refractivity contribution >= 4 is 12.0 Å². The fourth-order valence-electron chi connectivity index (χ4n) is 1.38. The van der Waals surface area contributed by atoms with Crippen molar-refractivity contribution in [3.63, 3.8) is 0 Å². The van der Waals surface area contributed by atoms with Crippen molar-refractivity contribution in [1.29, 1.82) is 0 Å². The number of phenolic OH excluding ortho intramolecular Hbond substituents is 1. The summed E-state index contributed by atoms with van der Waals surface area (Å²) in [4.78, 5) is 11.0. The van der Waals surface area contributed by atoms with Crippen LogP contribution < -0.4 is 0 Å². The van der Waals surface area contributed by atoms with Crippen molar-refractivity contribution in [2.75, 3.05) is 7.11 Å². The molecule has 0 saturated heterocycles. The standard InChI is InChI=1S/C14H18O3/c1-14(2,3)11-6-7-12(15)10(9-11)5-8-13(16)17-4/h5-9,15H,1-4H3/b8-5+. The van der Waals surface area contributed by atoms with Crippen molar-refractivity contribution in [1.82, 2.24) is 0 Å². The Morgan fingerprint density at radius 1 is 1.35 bits per heavy atom. The van der Waals surface area contributed by atoms with Crippen LogP contribution in [0.5, 0.6) is 5.75 Å². The van der Waals surface area contributed by atoms with Gasteiger partial charge in [0.15, 0.2) is 0 Å². The summed E-state index contributed by atoms with van der Waals surface area (Å²) in [5.74, 6) is -0.288. The Bertz CT molecular complexity index is 439. The van der Waals surface area contributed by atoms with Crippen LogP contribution in [-0.2, 0) is 14.9 Å². The summed E-state index contributed by atoms with van der Waals surface area (Å²) in [6.07, 6.45) is 2.85. The highest BCUT2D eigenvalue weighted by Crippen LogP contribution is 2.28. The Morgan fingerprint density at radius 3 is 2.53 bits per heavy atom. The minimum atomic E-state index is -0.439. The van der Waals surface area contributed by atoms with Crippen LogP contribution >= 0.6 is 0 Å². The van der Waals surface area contributed by atoms with Crippen molar-refractivity contribution < 1.29 is 14.6 Å². The maximum Gasteiger partial charge on any atom is 0.330 e. The largest absolute Gasteiger partial charge is 0.507 e. The van der Waals surface area contributed by atoms with Gasteiger partial charge in [-0.25, -0.2) is 4.79 Å². The van der Waals surface area contributed by atoms with E-state index in [1.807, 2.05) is 12.1 Å². The van der Waals surface area contributed by atoms with Gasteiger partial charge in [0.2, 0.25) is 0 Å². The third-order valence-electron chi connectivity index (χ3n) is 2.49. The first-order valence-electron chi connectivity index (χ1n) is 5.44. The van der Waals surface area contributed by atoms with E-state index in [4.69, 9.17) is 0 Å². The number of phenols is 1. The number of esters is 1. The second-order valence-corrected chi connectivity index (χ2v) is 4.88. The zero-order chi connectivity index (χ0) is 13.1. The lowest BCUT2D eigenvalue weighted by Gasteiger charge is -2.19. The van der Waals surface area contributed by atoms with Crippen LogP contribution in [0, 0.1) is 0 Å². The molecule has 3 heteroatoms. The minimum absolute atomic E-state index is 0.00154. The molecule has 1 N–H and O–H groups in total. The highest BCUT2D eigenvalue weighted by atomic mass is 16.5. The lowest BCUT2D eigenvalue weighted by Crippen LogP contribution is -2.10. The number of rotatable bonds is 2. The van der Waals surface area contributed by atoms with Crippen molar-refractivity contribution in [2.45, 2.75) is 26.2 Å². The summed E-state index contributed by atoms with van der Waals surface area (Å²) < 4.78 is 4.50. The zero-order valence-electron chi connectivity index (χ0n) is 10.7. The molecule has 0 aromatic heterocycles. The summed E-state index contributed by atoms with van der Waals surface area (Å²) >= 11 is 0. The van der Waals surface area contributed by atoms with Crippen molar-refractivity contribution in [3.8, 4) is 5.75 Å². The molecular formula is C14H18O3. The summed E-state index contributed by atoms with van der Waals surface area (Å²) in [7, 11) is 1.32. The molecule has 0 saturated carbocycles. The molecule has 92 valence electrons. The number of methoxy groups -OCH3 is 1. The maximum atomic E-state index is 11.0. The molecule has 3 nitrogen and oxygen atoms in total. The molecule has 0 spiro atoms. The van der Waals surface area contributed by atoms with E-state index in [-0.39, 0.29) is 11.2 Å². The summed E-state index contributed by atoms with van der Waals surface area (Å²) in [6, 6.07) is 5.39. The first kappa shape index (κ1) is 13.3. The Hall–Kier alpha value is -1.77. The molecule has 0 unspecified atom stereocenters. The summed E-state index contributed by atoms with van der Waals surface area (Å²) in [5, 5.41) is 9.68. The van der Waals surface area contributed by atoms with E-state index in [0.29, 0.717) is 5.56 Å². The van der Waals surface area contributed by atoms with Gasteiger partial charge in [-0.15, -0.1) is 0 Å². The van der Waals surface area contributed by atoms with E-state index in [0.717, 1.165) is 5.56 Å². The highest BCUT2D eigenvalue weighted by Gasteiger charge is 2.14. The fraction of sp³-hybridized carbons (Fsp3) is 0.357. The summed E-state index contributed by atoms with van der Waals surface area (Å²) in [6.45, 7) is 6.27. The van der Waals surface area contributed by atoms with Crippen LogP contribution in [0.4, 0.5) is 0 Å². The normalized spacial score (nSPS) is 11.8. The number of aromatic hydroxyl groups is 1. The predicted molar refractivity (Wildman–Crippen MR) is 67.9 cm³/mol. The summed E-state index contributed by atoms with van der Waals surface area (Å²) in [5.41, 5.74) is 1.71. The quantitative estimate of drug-likeness (QED) is 0.632. The van der Waals surface area contributed by atoms with Crippen LogP contribution in [0.25, 0.3) is 6.08 Å². The molecule has 0 aliphatic rings. The van der Waals surface area contributed by atoms with Crippen LogP contribution in [0.3, 0.4) is 0 Å². The van der Waals surface area contributed by atoms with Gasteiger partial charge in [-0.2, -0.15) is 0 Å². The Morgan fingerprint density at radius 2 is 2.00 bits per heavy atom. The Kier molecular flexibility index (Phi) is 3.94. The SMILES string of the molecule is COC(=O)/C=C/c1cc(C(C)(C)C)ccc1O. The zero-order valence-corrected chi connectivity index (χ0v) is 10.7. The van der Waals surface area contributed by atoms with Gasteiger partial charge in [0.05, 0.1) is 7.11 Å². The third-order valence-corrected chi connectivity index (χ3v) is 2.49. The maximum absolute atomic E-state index is 11.0. The first-order valence-corrected chi connectivity index (χ1v) is 5.44. The van der Waals surface area contributed by atoms with E-state index < -0.39 is 5.97 Å². The van der Waals surface area contributed by atoms with E-state index in [9.17, 15) is 9.90 Å². The van der Waals surface area contributed by atoms with Crippen molar-refractivity contribution in [2.24, 2.45) is 0 Å². The highest BCUT2D eigenvalue weighted by molar-refractivity contribution is 5.87. The molecule has 0 heterocycles. The van der Waals surface area contributed by atoms with Crippen LogP contribution in [0.15, 0.2) is 24.3 Å². The average Bonchev–Trinajstić information content (AvgIpc) is 2.26. The molecule has 0 atom stereocenters. The van der Waals surface area contributed by atoms with Crippen LogP contribution in [0.2, 0.25) is 0 Å². The van der Waals surface area contributed by atoms with E-state index in [2.05, 4.69) is 25.5 Å². The Balaban J connectivity index is 3.07. The van der Waals surface area contributed by atoms with Gasteiger partial charge < -0.3 is 9.84 Å². The molecule has 17 heavy (non-hydrogen) atoms. The molecule has 0 bridgehead atoms. The van der Waals surface area contributed by atoms with Crippen LogP contribution in [0.1, 0.15) is 31.9 Å². The second-order valence-electron chi connectivity index (χ2n) is 4.88. The molecule has 0 aliphatic carbocycles. The van der Waals surface area contributed by atoms with Gasteiger partial charge in [-0.3, -0.25) is 0 Å². The van der Waals surface area contributed by atoms with Gasteiger partial charge in [-0.1, -0.05) is 26.8 Å². The van der Waals surface area contributed by atoms with E-state index in [1.54, 1.807) is 12.1 Å². The number of carbonyl (C=O) groups excluding carboxylic acids is 1. The number of hydrogen-bond acceptors (Lipinski definition) is 3. The molecule has 0 aliphatic heterocycles. The third kappa shape index (κ3) is 3.63. The topological polar surface area (TPSA) is 46.5 Å². The lowest BCUT2D eigenvalue weighted by atomic mass is 9.86. The number of benzene rings is 1. The molecule has 1 aromatic rings.